The quantitative estimate of drug-likeness (QED) is 0.833. The molecule has 0 aliphatic carbocycles. The van der Waals surface area contributed by atoms with Gasteiger partial charge in [0.2, 0.25) is 0 Å². The summed E-state index contributed by atoms with van der Waals surface area (Å²) in [6.07, 6.45) is 4.17. The first kappa shape index (κ1) is 13.5. The Bertz CT molecular complexity index is 392. The average Bonchev–Trinajstić information content (AvgIpc) is 2.92. The van der Waals surface area contributed by atoms with Gasteiger partial charge in [0.1, 0.15) is 0 Å². The van der Waals surface area contributed by atoms with E-state index in [9.17, 15) is 5.11 Å². The zero-order valence-corrected chi connectivity index (χ0v) is 11.5. The molecular weight excluding hydrogens is 230 g/mol. The van der Waals surface area contributed by atoms with Gasteiger partial charge in [-0.1, -0.05) is 6.92 Å². The minimum Gasteiger partial charge on any atom is -0.395 e. The number of ether oxygens (including phenoxy) is 1. The Morgan fingerprint density at radius 3 is 2.94 bits per heavy atom. The van der Waals surface area contributed by atoms with E-state index in [1.165, 1.54) is 5.56 Å². The first-order valence-corrected chi connectivity index (χ1v) is 6.57. The van der Waals surface area contributed by atoms with E-state index in [2.05, 4.69) is 23.1 Å². The van der Waals surface area contributed by atoms with Gasteiger partial charge < -0.3 is 9.84 Å². The van der Waals surface area contributed by atoms with E-state index < -0.39 is 0 Å². The van der Waals surface area contributed by atoms with E-state index in [0.717, 1.165) is 31.6 Å². The van der Waals surface area contributed by atoms with Crippen LogP contribution < -0.4 is 0 Å². The van der Waals surface area contributed by atoms with Gasteiger partial charge in [0.05, 0.1) is 18.4 Å². The van der Waals surface area contributed by atoms with Crippen molar-refractivity contribution in [2.24, 2.45) is 7.05 Å². The summed E-state index contributed by atoms with van der Waals surface area (Å²) in [5.41, 5.74) is 2.41. The summed E-state index contributed by atoms with van der Waals surface area (Å²) in [5, 5.41) is 13.9. The van der Waals surface area contributed by atoms with Gasteiger partial charge in [-0.15, -0.1) is 0 Å². The molecule has 5 heteroatoms. The van der Waals surface area contributed by atoms with Crippen molar-refractivity contribution in [2.45, 2.75) is 38.5 Å². The number of aliphatic hydroxyl groups excluding tert-OH is 1. The fourth-order valence-corrected chi connectivity index (χ4v) is 2.72. The molecule has 1 aliphatic heterocycles. The normalized spacial score (nSPS) is 24.9. The predicted molar refractivity (Wildman–Crippen MR) is 69.3 cm³/mol. The first-order valence-electron chi connectivity index (χ1n) is 6.57. The van der Waals surface area contributed by atoms with Crippen LogP contribution in [0.25, 0.3) is 0 Å². The van der Waals surface area contributed by atoms with E-state index in [1.54, 1.807) is 7.11 Å². The van der Waals surface area contributed by atoms with Crippen LogP contribution in [-0.2, 0) is 24.8 Å². The van der Waals surface area contributed by atoms with Crippen molar-refractivity contribution in [3.63, 3.8) is 0 Å². The molecule has 2 heterocycles. The van der Waals surface area contributed by atoms with Crippen molar-refractivity contribution in [3.05, 3.63) is 17.5 Å². The third-order valence-electron chi connectivity index (χ3n) is 3.73. The molecule has 0 aromatic carbocycles. The molecule has 0 saturated carbocycles. The molecule has 1 aromatic heterocycles. The fraction of sp³-hybridized carbons (Fsp3) is 0.769. The van der Waals surface area contributed by atoms with Crippen LogP contribution in [0.3, 0.4) is 0 Å². The van der Waals surface area contributed by atoms with Crippen molar-refractivity contribution in [3.8, 4) is 0 Å². The fourth-order valence-electron chi connectivity index (χ4n) is 2.72. The van der Waals surface area contributed by atoms with E-state index in [0.29, 0.717) is 0 Å². The minimum atomic E-state index is 0.196. The topological polar surface area (TPSA) is 50.5 Å². The van der Waals surface area contributed by atoms with E-state index in [-0.39, 0.29) is 18.8 Å². The van der Waals surface area contributed by atoms with Gasteiger partial charge in [-0.3, -0.25) is 9.58 Å². The third-order valence-corrected chi connectivity index (χ3v) is 3.73. The summed E-state index contributed by atoms with van der Waals surface area (Å²) < 4.78 is 7.27. The third kappa shape index (κ3) is 2.74. The van der Waals surface area contributed by atoms with Gasteiger partial charge in [0.25, 0.3) is 0 Å². The standard InChI is InChI=1S/C13H23N3O2/c1-4-13-10(6-15(2)14-13)7-16-8-12(18-3)5-11(16)9-17/h6,11-12,17H,4-5,7-9H2,1-3H3/t11-,12-/m0/s1. The smallest absolute Gasteiger partial charge is 0.0714 e. The second kappa shape index (κ2) is 5.82. The van der Waals surface area contributed by atoms with Gasteiger partial charge in [-0.25, -0.2) is 0 Å². The summed E-state index contributed by atoms with van der Waals surface area (Å²) in [6.45, 7) is 4.06. The van der Waals surface area contributed by atoms with E-state index >= 15 is 0 Å². The maximum Gasteiger partial charge on any atom is 0.0714 e. The molecule has 1 N–H and O–H groups in total. The number of hydrogen-bond acceptors (Lipinski definition) is 4. The summed E-state index contributed by atoms with van der Waals surface area (Å²) in [4.78, 5) is 2.30. The van der Waals surface area contributed by atoms with Crippen LogP contribution in [0, 0.1) is 0 Å². The van der Waals surface area contributed by atoms with Gasteiger partial charge in [-0.05, 0) is 12.8 Å². The molecule has 1 saturated heterocycles. The number of methoxy groups -OCH3 is 1. The number of nitrogens with zero attached hydrogens (tertiary/aromatic N) is 3. The lowest BCUT2D eigenvalue weighted by Crippen LogP contribution is -2.32. The Morgan fingerprint density at radius 1 is 1.56 bits per heavy atom. The van der Waals surface area contributed by atoms with Crippen molar-refractivity contribution in [1.29, 1.82) is 0 Å². The summed E-state index contributed by atoms with van der Waals surface area (Å²) in [7, 11) is 3.69. The summed E-state index contributed by atoms with van der Waals surface area (Å²) in [6, 6.07) is 0.208. The second-order valence-electron chi connectivity index (χ2n) is 4.99. The second-order valence-corrected chi connectivity index (χ2v) is 4.99. The Labute approximate surface area is 108 Å². The number of aromatic nitrogens is 2. The van der Waals surface area contributed by atoms with E-state index in [4.69, 9.17) is 4.74 Å². The summed E-state index contributed by atoms with van der Waals surface area (Å²) >= 11 is 0. The van der Waals surface area contributed by atoms with Crippen LogP contribution in [0.5, 0.6) is 0 Å². The highest BCUT2D eigenvalue weighted by atomic mass is 16.5. The maximum absolute atomic E-state index is 9.44. The lowest BCUT2D eigenvalue weighted by atomic mass is 10.2. The number of hydrogen-bond donors (Lipinski definition) is 1. The monoisotopic (exact) mass is 253 g/mol. The van der Waals surface area contributed by atoms with Crippen LogP contribution in [0.1, 0.15) is 24.6 Å². The predicted octanol–water partition coefficient (Wildman–Crippen LogP) is 0.564. The van der Waals surface area contributed by atoms with Crippen LogP contribution in [0.2, 0.25) is 0 Å². The van der Waals surface area contributed by atoms with Crippen LogP contribution in [-0.4, -0.2) is 52.2 Å². The molecule has 2 rings (SSSR count). The van der Waals surface area contributed by atoms with Crippen LogP contribution in [0.4, 0.5) is 0 Å². The number of likely N-dealkylation sites (tertiary alicyclic amines) is 1. The van der Waals surface area contributed by atoms with Gasteiger partial charge in [0, 0.05) is 45.0 Å². The molecule has 0 amide bonds. The number of aliphatic hydroxyl groups is 1. The van der Waals surface area contributed by atoms with Crippen molar-refractivity contribution < 1.29 is 9.84 Å². The SMILES string of the molecule is CCc1nn(C)cc1CN1C[C@@H](OC)C[C@H]1CO. The van der Waals surface area contributed by atoms with Crippen molar-refractivity contribution >= 4 is 0 Å². The molecule has 1 fully saturated rings. The highest BCUT2D eigenvalue weighted by Gasteiger charge is 2.32. The van der Waals surface area contributed by atoms with Crippen LogP contribution in [0.15, 0.2) is 6.20 Å². The van der Waals surface area contributed by atoms with Crippen LogP contribution >= 0.6 is 0 Å². The first-order chi connectivity index (χ1) is 8.67. The zero-order chi connectivity index (χ0) is 13.1. The molecule has 0 spiro atoms. The molecule has 0 unspecified atom stereocenters. The van der Waals surface area contributed by atoms with Crippen molar-refractivity contribution in [1.82, 2.24) is 14.7 Å². The largest absolute Gasteiger partial charge is 0.395 e. The van der Waals surface area contributed by atoms with E-state index in [1.807, 2.05) is 11.7 Å². The van der Waals surface area contributed by atoms with Gasteiger partial charge >= 0.3 is 0 Å². The maximum atomic E-state index is 9.44. The molecule has 18 heavy (non-hydrogen) atoms. The number of rotatable bonds is 5. The Hall–Kier alpha value is -0.910. The minimum absolute atomic E-state index is 0.196. The Balaban J connectivity index is 2.07. The lowest BCUT2D eigenvalue weighted by Gasteiger charge is -2.21. The molecule has 5 nitrogen and oxygen atoms in total. The molecule has 1 aromatic rings. The average molecular weight is 253 g/mol. The number of aryl methyl sites for hydroxylation is 2. The lowest BCUT2D eigenvalue weighted by molar-refractivity contribution is 0.107. The zero-order valence-electron chi connectivity index (χ0n) is 11.5. The highest BCUT2D eigenvalue weighted by molar-refractivity contribution is 5.17. The van der Waals surface area contributed by atoms with Gasteiger partial charge in [-0.2, -0.15) is 5.10 Å². The molecule has 102 valence electrons. The highest BCUT2D eigenvalue weighted by Crippen LogP contribution is 2.23. The van der Waals surface area contributed by atoms with Crippen molar-refractivity contribution in [2.75, 3.05) is 20.3 Å². The Kier molecular flexibility index (Phi) is 4.37. The summed E-state index contributed by atoms with van der Waals surface area (Å²) in [5.74, 6) is 0. The molecular formula is C13H23N3O2. The molecule has 0 bridgehead atoms. The Morgan fingerprint density at radius 2 is 2.33 bits per heavy atom. The molecule has 1 aliphatic rings. The van der Waals surface area contributed by atoms with Gasteiger partial charge in [0.15, 0.2) is 0 Å². The molecule has 0 radical (unpaired) electrons. The molecule has 2 atom stereocenters.